The van der Waals surface area contributed by atoms with Crippen LogP contribution in [0, 0.1) is 5.82 Å². The number of aromatic nitrogens is 3. The second-order valence-corrected chi connectivity index (χ2v) is 6.25. The van der Waals surface area contributed by atoms with Gasteiger partial charge in [0, 0.05) is 22.9 Å². The lowest BCUT2D eigenvalue weighted by Gasteiger charge is -2.08. The molecular weight excluding hydrogens is 379 g/mol. The number of aliphatic hydroxyl groups is 2. The number of hydrogen-bond donors (Lipinski definition) is 4. The number of amides is 1. The van der Waals surface area contributed by atoms with Crippen LogP contribution >= 0.6 is 0 Å². The molecule has 0 aliphatic heterocycles. The van der Waals surface area contributed by atoms with E-state index in [0.717, 1.165) is 4.52 Å². The van der Waals surface area contributed by atoms with Crippen LogP contribution in [0.1, 0.15) is 22.2 Å². The minimum atomic E-state index is -1.67. The zero-order valence-corrected chi connectivity index (χ0v) is 14.8. The molecule has 29 heavy (non-hydrogen) atoms. The van der Waals surface area contributed by atoms with E-state index in [1.54, 1.807) is 12.1 Å². The lowest BCUT2D eigenvalue weighted by Crippen LogP contribution is -2.12. The number of nitrogens with zero attached hydrogens (tertiary/aromatic N) is 3. The van der Waals surface area contributed by atoms with Gasteiger partial charge in [0.2, 0.25) is 5.88 Å². The van der Waals surface area contributed by atoms with E-state index in [1.165, 1.54) is 48.7 Å². The van der Waals surface area contributed by atoms with E-state index in [1.807, 2.05) is 0 Å². The summed E-state index contributed by atoms with van der Waals surface area (Å²) in [4.78, 5) is 17.1. The van der Waals surface area contributed by atoms with E-state index in [4.69, 9.17) is 0 Å². The molecule has 4 rings (SSSR count). The second-order valence-electron chi connectivity index (χ2n) is 6.25. The number of rotatable bonds is 4. The number of benzene rings is 2. The molecule has 0 aliphatic rings. The van der Waals surface area contributed by atoms with Gasteiger partial charge in [-0.05, 0) is 36.4 Å². The lowest BCUT2D eigenvalue weighted by molar-refractivity contribution is -0.0424. The van der Waals surface area contributed by atoms with Gasteiger partial charge in [-0.3, -0.25) is 4.79 Å². The van der Waals surface area contributed by atoms with Gasteiger partial charge in [0.05, 0.1) is 11.9 Å². The van der Waals surface area contributed by atoms with Gasteiger partial charge in [0.25, 0.3) is 5.91 Å². The molecule has 4 aromatic rings. The Kier molecular flexibility index (Phi) is 4.67. The molecule has 4 N–H and O–H groups in total. The molecule has 0 spiro atoms. The van der Waals surface area contributed by atoms with E-state index in [2.05, 4.69) is 15.4 Å². The standard InChI is InChI=1S/C20H15FN4O4/c21-13-6-4-11(5-7-13)16-9-17(26)25-18(24-16)15(10-22-25)19(27)23-14-3-1-2-12(8-14)20(28)29/h1-10,20,26,28-29H,(H,23,27). The Balaban J connectivity index is 1.71. The smallest absolute Gasteiger partial charge is 0.261 e. The topological polar surface area (TPSA) is 120 Å². The van der Waals surface area contributed by atoms with Crippen LogP contribution in [0.2, 0.25) is 0 Å². The highest BCUT2D eigenvalue weighted by atomic mass is 19.1. The van der Waals surface area contributed by atoms with Crippen molar-refractivity contribution in [3.8, 4) is 17.1 Å². The van der Waals surface area contributed by atoms with Gasteiger partial charge in [0.1, 0.15) is 11.4 Å². The third-order valence-corrected chi connectivity index (χ3v) is 4.28. The zero-order chi connectivity index (χ0) is 20.5. The molecule has 0 radical (unpaired) electrons. The van der Waals surface area contributed by atoms with E-state index < -0.39 is 18.0 Å². The first-order valence-corrected chi connectivity index (χ1v) is 8.53. The number of fused-ring (bicyclic) bond motifs is 1. The Hall–Kier alpha value is -3.82. The summed E-state index contributed by atoms with van der Waals surface area (Å²) in [7, 11) is 0. The van der Waals surface area contributed by atoms with Gasteiger partial charge in [0.15, 0.2) is 11.9 Å². The monoisotopic (exact) mass is 394 g/mol. The first-order chi connectivity index (χ1) is 13.9. The number of anilines is 1. The lowest BCUT2D eigenvalue weighted by atomic mass is 10.1. The van der Waals surface area contributed by atoms with Crippen LogP contribution in [0.25, 0.3) is 16.9 Å². The summed E-state index contributed by atoms with van der Waals surface area (Å²) >= 11 is 0. The number of halogens is 1. The molecule has 0 fully saturated rings. The molecule has 2 heterocycles. The van der Waals surface area contributed by atoms with Crippen molar-refractivity contribution >= 4 is 17.2 Å². The third kappa shape index (κ3) is 3.64. The molecule has 1 amide bonds. The van der Waals surface area contributed by atoms with Crippen molar-refractivity contribution in [1.29, 1.82) is 0 Å². The molecule has 0 aliphatic carbocycles. The second kappa shape index (κ2) is 7.30. The van der Waals surface area contributed by atoms with Gasteiger partial charge >= 0.3 is 0 Å². The fraction of sp³-hybridized carbons (Fsp3) is 0.0500. The Morgan fingerprint density at radius 1 is 1.10 bits per heavy atom. The minimum absolute atomic E-state index is 0.0965. The van der Waals surface area contributed by atoms with Gasteiger partial charge < -0.3 is 20.6 Å². The predicted octanol–water partition coefficient (Wildman–Crippen LogP) is 2.48. The molecule has 2 aromatic carbocycles. The molecule has 0 saturated heterocycles. The van der Waals surface area contributed by atoms with Crippen LogP contribution < -0.4 is 5.32 Å². The number of aliphatic hydroxyl groups excluding tert-OH is 1. The van der Waals surface area contributed by atoms with Gasteiger partial charge in [-0.15, -0.1) is 0 Å². The Morgan fingerprint density at radius 3 is 2.59 bits per heavy atom. The van der Waals surface area contributed by atoms with Gasteiger partial charge in [-0.25, -0.2) is 9.37 Å². The molecule has 0 unspecified atom stereocenters. The molecular formula is C20H15FN4O4. The zero-order valence-electron chi connectivity index (χ0n) is 14.8. The van der Waals surface area contributed by atoms with Crippen LogP contribution in [0.15, 0.2) is 60.8 Å². The molecule has 2 aromatic heterocycles. The van der Waals surface area contributed by atoms with Crippen LogP contribution in [0.5, 0.6) is 5.88 Å². The Morgan fingerprint density at radius 2 is 1.86 bits per heavy atom. The molecule has 8 nitrogen and oxygen atoms in total. The van der Waals surface area contributed by atoms with E-state index >= 15 is 0 Å². The summed E-state index contributed by atoms with van der Waals surface area (Å²) in [6.45, 7) is 0. The summed E-state index contributed by atoms with van der Waals surface area (Å²) < 4.78 is 14.3. The molecule has 146 valence electrons. The van der Waals surface area contributed by atoms with Crippen LogP contribution in [-0.4, -0.2) is 35.8 Å². The highest BCUT2D eigenvalue weighted by Crippen LogP contribution is 2.25. The highest BCUT2D eigenvalue weighted by molar-refractivity contribution is 6.08. The van der Waals surface area contributed by atoms with Crippen molar-refractivity contribution in [2.75, 3.05) is 5.32 Å². The van der Waals surface area contributed by atoms with Crippen LogP contribution in [0.3, 0.4) is 0 Å². The quantitative estimate of drug-likeness (QED) is 0.395. The number of aromatic hydroxyl groups is 1. The maximum Gasteiger partial charge on any atom is 0.261 e. The normalized spacial score (nSPS) is 11.2. The average molecular weight is 394 g/mol. The minimum Gasteiger partial charge on any atom is -0.493 e. The van der Waals surface area contributed by atoms with Crippen molar-refractivity contribution in [3.05, 3.63) is 77.7 Å². The fourth-order valence-corrected chi connectivity index (χ4v) is 2.85. The van der Waals surface area contributed by atoms with E-state index in [0.29, 0.717) is 16.9 Å². The van der Waals surface area contributed by atoms with Crippen molar-refractivity contribution in [2.45, 2.75) is 6.29 Å². The predicted molar refractivity (Wildman–Crippen MR) is 102 cm³/mol. The molecule has 0 bridgehead atoms. The van der Waals surface area contributed by atoms with E-state index in [9.17, 15) is 24.5 Å². The summed E-state index contributed by atoms with van der Waals surface area (Å²) in [6.07, 6.45) is -0.406. The summed E-state index contributed by atoms with van der Waals surface area (Å²) in [6, 6.07) is 13.0. The van der Waals surface area contributed by atoms with Crippen molar-refractivity contribution in [2.24, 2.45) is 0 Å². The number of carbonyl (C=O) groups is 1. The number of carbonyl (C=O) groups excluding carboxylic acids is 1. The fourth-order valence-electron chi connectivity index (χ4n) is 2.85. The molecule has 0 atom stereocenters. The first-order valence-electron chi connectivity index (χ1n) is 8.53. The van der Waals surface area contributed by atoms with Crippen LogP contribution in [-0.2, 0) is 0 Å². The van der Waals surface area contributed by atoms with Gasteiger partial charge in [-0.1, -0.05) is 12.1 Å². The number of hydrogen-bond acceptors (Lipinski definition) is 6. The van der Waals surface area contributed by atoms with Gasteiger partial charge in [-0.2, -0.15) is 9.61 Å². The van der Waals surface area contributed by atoms with Crippen molar-refractivity contribution in [3.63, 3.8) is 0 Å². The van der Waals surface area contributed by atoms with Crippen molar-refractivity contribution in [1.82, 2.24) is 14.6 Å². The maximum atomic E-state index is 13.2. The molecule has 0 saturated carbocycles. The SMILES string of the molecule is O=C(Nc1cccc(C(O)O)c1)c1cnn2c(O)cc(-c3ccc(F)cc3)nc12. The highest BCUT2D eigenvalue weighted by Gasteiger charge is 2.18. The average Bonchev–Trinajstić information content (AvgIpc) is 3.13. The number of nitrogens with one attached hydrogen (secondary N) is 1. The largest absolute Gasteiger partial charge is 0.493 e. The molecule has 9 heteroatoms. The summed E-state index contributed by atoms with van der Waals surface area (Å²) in [5.74, 6) is -1.19. The van der Waals surface area contributed by atoms with Crippen LogP contribution in [0.4, 0.5) is 10.1 Å². The maximum absolute atomic E-state index is 13.2. The summed E-state index contributed by atoms with van der Waals surface area (Å²) in [5.41, 5.74) is 1.67. The Bertz CT molecular complexity index is 1210. The third-order valence-electron chi connectivity index (χ3n) is 4.28. The first kappa shape index (κ1) is 18.5. The van der Waals surface area contributed by atoms with Crippen molar-refractivity contribution < 1.29 is 24.5 Å². The Labute approximate surface area is 163 Å². The van der Waals surface area contributed by atoms with E-state index in [-0.39, 0.29) is 22.7 Å². The summed E-state index contributed by atoms with van der Waals surface area (Å²) in [5, 5.41) is 35.4.